The second kappa shape index (κ2) is 9.08. The second-order valence-corrected chi connectivity index (χ2v) is 5.17. The Morgan fingerprint density at radius 2 is 1.36 bits per heavy atom. The van der Waals surface area contributed by atoms with E-state index in [2.05, 4.69) is 0 Å². The predicted molar refractivity (Wildman–Crippen MR) is 81.3 cm³/mol. The highest BCUT2D eigenvalue weighted by atomic mass is 16.4. The number of hydrogen-bond donors (Lipinski definition) is 6. The van der Waals surface area contributed by atoms with Crippen LogP contribution in [0.5, 0.6) is 5.75 Å². The highest BCUT2D eigenvalue weighted by molar-refractivity contribution is 6.02. The number of carbonyl (C=O) groups excluding carboxylic acids is 2. The van der Waals surface area contributed by atoms with Gasteiger partial charge in [-0.3, -0.25) is 14.5 Å². The zero-order chi connectivity index (χ0) is 19.1. The van der Waals surface area contributed by atoms with Gasteiger partial charge in [-0.05, 0) is 17.7 Å². The highest BCUT2D eigenvalue weighted by Crippen LogP contribution is 2.16. The number of amides is 2. The molecule has 0 aromatic heterocycles. The summed E-state index contributed by atoms with van der Waals surface area (Å²) in [4.78, 5) is 35.9. The Hall–Kier alpha value is -2.53. The molecular formula is C15H19NO9. The number of phenolic OH excluding ortho intramolecular Hbond substituents is 1. The lowest BCUT2D eigenvalue weighted by molar-refractivity contribution is -0.167. The van der Waals surface area contributed by atoms with Gasteiger partial charge >= 0.3 is 5.97 Å². The molecule has 6 N–H and O–H groups in total. The molecule has 0 fully saturated rings. The minimum Gasteiger partial charge on any atom is -0.508 e. The van der Waals surface area contributed by atoms with E-state index in [-0.39, 0.29) is 17.1 Å². The van der Waals surface area contributed by atoms with Crippen molar-refractivity contribution in [1.29, 1.82) is 0 Å². The average molecular weight is 357 g/mol. The monoisotopic (exact) mass is 357 g/mol. The summed E-state index contributed by atoms with van der Waals surface area (Å²) in [5.74, 6) is -4.53. The molecule has 0 saturated heterocycles. The van der Waals surface area contributed by atoms with Crippen LogP contribution in [0.4, 0.5) is 0 Å². The molecule has 3 atom stereocenters. The number of carbonyl (C=O) groups is 3. The normalized spacial score (nSPS) is 14.4. The first kappa shape index (κ1) is 20.5. The predicted octanol–water partition coefficient (Wildman–Crippen LogP) is -2.55. The molecule has 2 amide bonds. The number of aliphatic hydroxyl groups is 4. The van der Waals surface area contributed by atoms with Crippen LogP contribution in [0.1, 0.15) is 5.56 Å². The van der Waals surface area contributed by atoms with Crippen molar-refractivity contribution in [3.05, 3.63) is 29.8 Å². The molecular weight excluding hydrogens is 338 g/mol. The van der Waals surface area contributed by atoms with E-state index < -0.39 is 49.2 Å². The third-order valence-electron chi connectivity index (χ3n) is 3.35. The summed E-state index contributed by atoms with van der Waals surface area (Å²) < 4.78 is 0. The summed E-state index contributed by atoms with van der Waals surface area (Å²) in [5.41, 5.74) is 0.341. The Kier molecular flexibility index (Phi) is 7.45. The van der Waals surface area contributed by atoms with E-state index in [0.717, 1.165) is 0 Å². The molecule has 25 heavy (non-hydrogen) atoms. The van der Waals surface area contributed by atoms with Crippen molar-refractivity contribution in [3.8, 4) is 5.75 Å². The first-order valence-corrected chi connectivity index (χ1v) is 7.18. The van der Waals surface area contributed by atoms with E-state index >= 15 is 0 Å². The average Bonchev–Trinajstić information content (AvgIpc) is 2.60. The van der Waals surface area contributed by atoms with Gasteiger partial charge in [-0.25, -0.2) is 4.79 Å². The van der Waals surface area contributed by atoms with Crippen LogP contribution in [0.15, 0.2) is 24.3 Å². The number of benzene rings is 1. The number of rotatable bonds is 8. The van der Waals surface area contributed by atoms with Crippen LogP contribution in [-0.4, -0.2) is 84.8 Å². The van der Waals surface area contributed by atoms with Gasteiger partial charge in [0, 0.05) is 6.42 Å². The second-order valence-electron chi connectivity index (χ2n) is 5.17. The smallest absolute Gasteiger partial charge is 0.327 e. The molecule has 0 spiro atoms. The highest BCUT2D eigenvalue weighted by Gasteiger charge is 2.39. The molecule has 1 aromatic rings. The van der Waals surface area contributed by atoms with Gasteiger partial charge in [-0.1, -0.05) is 12.1 Å². The maximum atomic E-state index is 12.1. The minimum atomic E-state index is -2.07. The molecule has 0 aliphatic rings. The van der Waals surface area contributed by atoms with Crippen LogP contribution < -0.4 is 0 Å². The Balaban J connectivity index is 3.24. The van der Waals surface area contributed by atoms with E-state index in [0.29, 0.717) is 5.56 Å². The number of hydrogen-bond acceptors (Lipinski definition) is 8. The van der Waals surface area contributed by atoms with Gasteiger partial charge in [-0.15, -0.1) is 0 Å². The van der Waals surface area contributed by atoms with Crippen molar-refractivity contribution < 1.29 is 45.0 Å². The van der Waals surface area contributed by atoms with Crippen molar-refractivity contribution in [1.82, 2.24) is 4.90 Å². The maximum absolute atomic E-state index is 12.1. The van der Waals surface area contributed by atoms with E-state index in [4.69, 9.17) is 10.2 Å². The van der Waals surface area contributed by atoms with Crippen LogP contribution in [0, 0.1) is 0 Å². The fraction of sp³-hybridized carbons (Fsp3) is 0.400. The standard InChI is InChI=1S/C15H19NO9/c17-6-11(20)13(22)16(14(23)12(21)7-18)10(15(24)25)5-8-1-3-9(19)4-2-8/h1-4,10-12,17-21H,5-7H2,(H,24,25). The number of aromatic hydroxyl groups is 1. The van der Waals surface area contributed by atoms with Crippen molar-refractivity contribution >= 4 is 17.8 Å². The SMILES string of the molecule is O=C(O)C(Cc1ccc(O)cc1)N(C(=O)C(O)CO)C(=O)C(O)CO. The molecule has 138 valence electrons. The number of nitrogens with zero attached hydrogens (tertiary/aromatic N) is 1. The van der Waals surface area contributed by atoms with Crippen molar-refractivity contribution in [2.24, 2.45) is 0 Å². The summed E-state index contributed by atoms with van der Waals surface area (Å²) in [6.45, 7) is -2.13. The summed E-state index contributed by atoms with van der Waals surface area (Å²) >= 11 is 0. The van der Waals surface area contributed by atoms with Crippen LogP contribution in [-0.2, 0) is 20.8 Å². The lowest BCUT2D eigenvalue weighted by atomic mass is 10.0. The molecule has 0 aliphatic heterocycles. The fourth-order valence-electron chi connectivity index (χ4n) is 2.04. The molecule has 0 radical (unpaired) electrons. The number of carboxylic acid groups (broad SMARTS) is 1. The third-order valence-corrected chi connectivity index (χ3v) is 3.35. The number of imide groups is 1. The Bertz CT molecular complexity index is 594. The van der Waals surface area contributed by atoms with E-state index in [9.17, 15) is 34.8 Å². The third kappa shape index (κ3) is 5.22. The molecule has 10 heteroatoms. The largest absolute Gasteiger partial charge is 0.508 e. The molecule has 0 bridgehead atoms. The van der Waals surface area contributed by atoms with Gasteiger partial charge in [0.05, 0.1) is 13.2 Å². The zero-order valence-corrected chi connectivity index (χ0v) is 13.0. The Morgan fingerprint density at radius 1 is 0.920 bits per heavy atom. The van der Waals surface area contributed by atoms with Gasteiger partial charge in [0.25, 0.3) is 11.8 Å². The van der Waals surface area contributed by atoms with Gasteiger partial charge < -0.3 is 30.6 Å². The quantitative estimate of drug-likeness (QED) is 0.292. The maximum Gasteiger partial charge on any atom is 0.327 e. The summed E-state index contributed by atoms with van der Waals surface area (Å²) in [7, 11) is 0. The van der Waals surface area contributed by atoms with Crippen molar-refractivity contribution in [3.63, 3.8) is 0 Å². The van der Waals surface area contributed by atoms with E-state index in [1.807, 2.05) is 0 Å². The molecule has 0 aliphatic carbocycles. The molecule has 0 heterocycles. The lowest BCUT2D eigenvalue weighted by Crippen LogP contribution is -2.57. The molecule has 3 unspecified atom stereocenters. The topological polar surface area (TPSA) is 176 Å². The first-order valence-electron chi connectivity index (χ1n) is 7.18. The summed E-state index contributed by atoms with van der Waals surface area (Å²) in [6.07, 6.45) is -4.53. The molecule has 1 aromatic carbocycles. The van der Waals surface area contributed by atoms with Crippen LogP contribution in [0.25, 0.3) is 0 Å². The molecule has 10 nitrogen and oxygen atoms in total. The number of carboxylic acids is 1. The van der Waals surface area contributed by atoms with Gasteiger partial charge in [0.2, 0.25) is 0 Å². The van der Waals surface area contributed by atoms with Gasteiger partial charge in [0.1, 0.15) is 11.8 Å². The number of phenols is 1. The van der Waals surface area contributed by atoms with Crippen LogP contribution in [0.3, 0.4) is 0 Å². The number of aliphatic hydroxyl groups excluding tert-OH is 4. The molecule has 0 saturated carbocycles. The van der Waals surface area contributed by atoms with Crippen molar-refractivity contribution in [2.45, 2.75) is 24.7 Å². The minimum absolute atomic E-state index is 0.0777. The molecule has 1 rings (SSSR count). The van der Waals surface area contributed by atoms with Crippen molar-refractivity contribution in [2.75, 3.05) is 13.2 Å². The Labute approximate surface area is 142 Å². The summed E-state index contributed by atoms with van der Waals surface area (Å²) in [6, 6.07) is 3.46. The van der Waals surface area contributed by atoms with E-state index in [1.165, 1.54) is 24.3 Å². The van der Waals surface area contributed by atoms with Gasteiger partial charge in [-0.2, -0.15) is 0 Å². The fourth-order valence-corrected chi connectivity index (χ4v) is 2.04. The van der Waals surface area contributed by atoms with E-state index in [1.54, 1.807) is 0 Å². The lowest BCUT2D eigenvalue weighted by Gasteiger charge is -2.30. The van der Waals surface area contributed by atoms with Gasteiger partial charge in [0.15, 0.2) is 12.2 Å². The summed E-state index contributed by atoms with van der Waals surface area (Å²) in [5, 5.41) is 55.3. The zero-order valence-electron chi connectivity index (χ0n) is 13.0. The van der Waals surface area contributed by atoms with Crippen LogP contribution >= 0.6 is 0 Å². The number of aliphatic carboxylic acids is 1. The first-order chi connectivity index (χ1) is 11.7. The Morgan fingerprint density at radius 3 is 1.72 bits per heavy atom. The van der Waals surface area contributed by atoms with Crippen LogP contribution in [0.2, 0.25) is 0 Å².